The number of anilines is 2. The van der Waals surface area contributed by atoms with Gasteiger partial charge < -0.3 is 15.4 Å². The van der Waals surface area contributed by atoms with E-state index in [4.69, 9.17) is 4.74 Å². The van der Waals surface area contributed by atoms with Gasteiger partial charge in [-0.1, -0.05) is 25.1 Å². The van der Waals surface area contributed by atoms with Gasteiger partial charge in [-0.25, -0.2) is 8.42 Å². The maximum absolute atomic E-state index is 13.1. The van der Waals surface area contributed by atoms with E-state index in [0.29, 0.717) is 30.7 Å². The van der Waals surface area contributed by atoms with Crippen LogP contribution in [-0.4, -0.2) is 43.7 Å². The summed E-state index contributed by atoms with van der Waals surface area (Å²) in [6.07, 6.45) is 0.843. The first-order chi connectivity index (χ1) is 14.9. The van der Waals surface area contributed by atoms with Gasteiger partial charge in [0.25, 0.3) is 5.91 Å². The molecule has 2 aliphatic heterocycles. The van der Waals surface area contributed by atoms with Gasteiger partial charge in [0.2, 0.25) is 15.9 Å². The minimum atomic E-state index is -3.75. The second-order valence-electron chi connectivity index (χ2n) is 7.70. The van der Waals surface area contributed by atoms with Gasteiger partial charge in [0.05, 0.1) is 10.6 Å². The number of ether oxygens (including phenoxy) is 1. The molecule has 4 rings (SSSR count). The highest BCUT2D eigenvalue weighted by atomic mass is 32.2. The molecule has 31 heavy (non-hydrogen) atoms. The second kappa shape index (κ2) is 8.68. The molecule has 2 amide bonds. The van der Waals surface area contributed by atoms with Crippen molar-refractivity contribution in [2.24, 2.45) is 5.92 Å². The molecule has 2 aromatic rings. The predicted octanol–water partition coefficient (Wildman–Crippen LogP) is 2.84. The van der Waals surface area contributed by atoms with Crippen molar-refractivity contribution in [3.63, 3.8) is 0 Å². The van der Waals surface area contributed by atoms with Crippen molar-refractivity contribution in [2.45, 2.75) is 37.2 Å². The third-order valence-corrected chi connectivity index (χ3v) is 7.54. The quantitative estimate of drug-likeness (QED) is 0.739. The highest BCUT2D eigenvalue weighted by Crippen LogP contribution is 2.34. The van der Waals surface area contributed by atoms with E-state index in [1.54, 1.807) is 6.07 Å². The number of hydrogen-bond donors (Lipinski definition) is 2. The number of carbonyl (C=O) groups excluding carboxylic acids is 2. The second-order valence-corrected chi connectivity index (χ2v) is 9.63. The fourth-order valence-electron chi connectivity index (χ4n) is 3.83. The van der Waals surface area contributed by atoms with Crippen molar-refractivity contribution in [3.05, 3.63) is 48.5 Å². The van der Waals surface area contributed by atoms with E-state index < -0.39 is 16.1 Å². The Hall–Kier alpha value is -2.91. The van der Waals surface area contributed by atoms with Crippen molar-refractivity contribution < 1.29 is 22.7 Å². The van der Waals surface area contributed by atoms with E-state index in [9.17, 15) is 18.0 Å². The Morgan fingerprint density at radius 3 is 2.55 bits per heavy atom. The van der Waals surface area contributed by atoms with Gasteiger partial charge in [-0.3, -0.25) is 9.59 Å². The van der Waals surface area contributed by atoms with Crippen molar-refractivity contribution in [2.75, 3.05) is 23.7 Å². The molecule has 8 nitrogen and oxygen atoms in total. The molecule has 0 saturated carbocycles. The molecule has 0 radical (unpaired) electrons. The van der Waals surface area contributed by atoms with Crippen LogP contribution in [0.4, 0.5) is 11.4 Å². The van der Waals surface area contributed by atoms with Crippen LogP contribution < -0.4 is 15.4 Å². The number of piperidine rings is 1. The monoisotopic (exact) mass is 443 g/mol. The zero-order valence-corrected chi connectivity index (χ0v) is 18.0. The Kier molecular flexibility index (Phi) is 5.97. The van der Waals surface area contributed by atoms with E-state index in [1.807, 2.05) is 37.3 Å². The number of amides is 2. The van der Waals surface area contributed by atoms with Crippen LogP contribution in [0, 0.1) is 5.92 Å². The lowest BCUT2D eigenvalue weighted by atomic mass is 9.97. The summed E-state index contributed by atoms with van der Waals surface area (Å²) in [5.41, 5.74) is 1.08. The zero-order chi connectivity index (χ0) is 22.0. The lowest BCUT2D eigenvalue weighted by Crippen LogP contribution is -2.41. The van der Waals surface area contributed by atoms with Crippen molar-refractivity contribution >= 4 is 33.2 Å². The Morgan fingerprint density at radius 1 is 1.16 bits per heavy atom. The lowest BCUT2D eigenvalue weighted by molar-refractivity contribution is -0.123. The summed E-state index contributed by atoms with van der Waals surface area (Å²) >= 11 is 0. The number of para-hydroxylation sites is 1. The molecule has 9 heteroatoms. The number of hydrogen-bond acceptors (Lipinski definition) is 5. The Balaban J connectivity index is 1.42. The maximum Gasteiger partial charge on any atom is 0.265 e. The smallest absolute Gasteiger partial charge is 0.265 e. The van der Waals surface area contributed by atoms with Crippen molar-refractivity contribution in [1.29, 1.82) is 0 Å². The topological polar surface area (TPSA) is 105 Å². The minimum absolute atomic E-state index is 0.0947. The SMILES string of the molecule is CCC1Oc2ccc(S(=O)(=O)N3CCC(C(=O)Nc4ccccc4)CC3)cc2NC1=O. The molecule has 1 atom stereocenters. The number of benzene rings is 2. The molecule has 0 spiro atoms. The highest BCUT2D eigenvalue weighted by molar-refractivity contribution is 7.89. The molecule has 2 aromatic carbocycles. The summed E-state index contributed by atoms with van der Waals surface area (Å²) in [4.78, 5) is 24.6. The molecule has 2 aliphatic rings. The van der Waals surface area contributed by atoms with E-state index in [0.717, 1.165) is 5.69 Å². The van der Waals surface area contributed by atoms with Gasteiger partial charge >= 0.3 is 0 Å². The summed E-state index contributed by atoms with van der Waals surface area (Å²) < 4.78 is 33.2. The number of carbonyl (C=O) groups is 2. The number of fused-ring (bicyclic) bond motifs is 1. The summed E-state index contributed by atoms with van der Waals surface area (Å²) in [7, 11) is -3.75. The first-order valence-corrected chi connectivity index (χ1v) is 11.8. The van der Waals surface area contributed by atoms with E-state index in [1.165, 1.54) is 16.4 Å². The molecule has 0 aromatic heterocycles. The predicted molar refractivity (Wildman–Crippen MR) is 116 cm³/mol. The average molecular weight is 444 g/mol. The largest absolute Gasteiger partial charge is 0.478 e. The molecule has 2 N–H and O–H groups in total. The van der Waals surface area contributed by atoms with E-state index in [-0.39, 0.29) is 35.7 Å². The van der Waals surface area contributed by atoms with E-state index in [2.05, 4.69) is 10.6 Å². The molecule has 0 aliphatic carbocycles. The fraction of sp³-hybridized carbons (Fsp3) is 0.364. The van der Waals surface area contributed by atoms with Gasteiger partial charge in [-0.2, -0.15) is 4.31 Å². The maximum atomic E-state index is 13.1. The molecular formula is C22H25N3O5S. The Bertz CT molecular complexity index is 1080. The first kappa shape index (κ1) is 21.3. The van der Waals surface area contributed by atoms with E-state index >= 15 is 0 Å². The highest BCUT2D eigenvalue weighted by Gasteiger charge is 2.33. The fourth-order valence-corrected chi connectivity index (χ4v) is 5.33. The number of nitrogens with one attached hydrogen (secondary N) is 2. The van der Waals surface area contributed by atoms with Crippen LogP contribution in [0.2, 0.25) is 0 Å². The van der Waals surface area contributed by atoms with Gasteiger partial charge in [-0.05, 0) is 49.6 Å². The zero-order valence-electron chi connectivity index (χ0n) is 17.2. The molecule has 1 saturated heterocycles. The van der Waals surface area contributed by atoms with Gasteiger partial charge in [-0.15, -0.1) is 0 Å². The van der Waals surface area contributed by atoms with Crippen LogP contribution >= 0.6 is 0 Å². The molecular weight excluding hydrogens is 418 g/mol. The lowest BCUT2D eigenvalue weighted by Gasteiger charge is -2.31. The summed E-state index contributed by atoms with van der Waals surface area (Å²) in [6, 6.07) is 13.7. The van der Waals surface area contributed by atoms with Gasteiger partial charge in [0.15, 0.2) is 6.10 Å². The first-order valence-electron chi connectivity index (χ1n) is 10.4. The normalized spacial score (nSPS) is 19.8. The van der Waals surface area contributed by atoms with Crippen molar-refractivity contribution in [3.8, 4) is 5.75 Å². The third-order valence-electron chi connectivity index (χ3n) is 5.65. The Morgan fingerprint density at radius 2 is 1.87 bits per heavy atom. The van der Waals surface area contributed by atoms with Gasteiger partial charge in [0.1, 0.15) is 5.75 Å². The van der Waals surface area contributed by atoms with Gasteiger partial charge in [0, 0.05) is 24.7 Å². The minimum Gasteiger partial charge on any atom is -0.478 e. The summed E-state index contributed by atoms with van der Waals surface area (Å²) in [6.45, 7) is 2.36. The Labute approximate surface area is 181 Å². The van der Waals surface area contributed by atoms with Crippen LogP contribution in [0.1, 0.15) is 26.2 Å². The molecule has 164 valence electrons. The van der Waals surface area contributed by atoms with Crippen LogP contribution in [0.15, 0.2) is 53.4 Å². The molecule has 1 fully saturated rings. The van der Waals surface area contributed by atoms with Crippen LogP contribution in [0.25, 0.3) is 0 Å². The third kappa shape index (κ3) is 4.42. The number of rotatable bonds is 5. The number of sulfonamides is 1. The molecule has 1 unspecified atom stereocenters. The van der Waals surface area contributed by atoms with Crippen LogP contribution in [0.5, 0.6) is 5.75 Å². The van der Waals surface area contributed by atoms with Crippen molar-refractivity contribution in [1.82, 2.24) is 4.31 Å². The van der Waals surface area contributed by atoms with Crippen LogP contribution in [-0.2, 0) is 19.6 Å². The van der Waals surface area contributed by atoms with Crippen LogP contribution in [0.3, 0.4) is 0 Å². The standard InChI is InChI=1S/C22H25N3O5S/c1-2-19-22(27)24-18-14-17(8-9-20(18)30-19)31(28,29)25-12-10-15(11-13-25)21(26)23-16-6-4-3-5-7-16/h3-9,14-15,19H,2,10-13H2,1H3,(H,23,26)(H,24,27). The molecule has 2 heterocycles. The summed E-state index contributed by atoms with van der Waals surface area (Å²) in [5.74, 6) is -0.160. The summed E-state index contributed by atoms with van der Waals surface area (Å²) in [5, 5.41) is 5.60. The average Bonchev–Trinajstić information content (AvgIpc) is 2.79. The molecule has 0 bridgehead atoms. The number of nitrogens with zero attached hydrogens (tertiary/aromatic N) is 1.